The molecule has 172 valence electrons. The van der Waals surface area contributed by atoms with E-state index in [-0.39, 0.29) is 12.3 Å². The van der Waals surface area contributed by atoms with Crippen molar-refractivity contribution < 1.29 is 14.3 Å². The first-order valence-electron chi connectivity index (χ1n) is 12.0. The molecular weight excluding hydrogens is 366 g/mol. The third kappa shape index (κ3) is 17.4. The van der Waals surface area contributed by atoms with Crippen molar-refractivity contribution in [2.45, 2.75) is 104 Å². The van der Waals surface area contributed by atoms with E-state index in [2.05, 4.69) is 31.0 Å². The number of nitrogens with zero attached hydrogens (tertiary/aromatic N) is 1. The van der Waals surface area contributed by atoms with Crippen LogP contribution >= 0.6 is 0 Å². The fourth-order valence-corrected chi connectivity index (χ4v) is 3.30. The zero-order valence-corrected chi connectivity index (χ0v) is 19.3. The van der Waals surface area contributed by atoms with Gasteiger partial charge in [-0.25, -0.2) is 0 Å². The molecule has 0 fully saturated rings. The molecule has 0 aromatic rings. The summed E-state index contributed by atoms with van der Waals surface area (Å²) in [5.41, 5.74) is 5.80. The number of ether oxygens (including phenoxy) is 1. The molecule has 6 heteroatoms. The molecule has 1 unspecified atom stereocenters. The Kier molecular flexibility index (Phi) is 19.4. The van der Waals surface area contributed by atoms with Gasteiger partial charge in [0.1, 0.15) is 6.04 Å². The molecule has 0 bridgehead atoms. The molecule has 29 heavy (non-hydrogen) atoms. The van der Waals surface area contributed by atoms with E-state index < -0.39 is 12.0 Å². The zero-order chi connectivity index (χ0) is 21.7. The molecular formula is C23H47N3O3. The lowest BCUT2D eigenvalue weighted by Gasteiger charge is -2.18. The molecule has 3 N–H and O–H groups in total. The minimum atomic E-state index is -0.879. The van der Waals surface area contributed by atoms with Gasteiger partial charge >= 0.3 is 5.97 Å². The van der Waals surface area contributed by atoms with Gasteiger partial charge in [-0.2, -0.15) is 0 Å². The first-order valence-corrected chi connectivity index (χ1v) is 12.0. The summed E-state index contributed by atoms with van der Waals surface area (Å²) in [7, 11) is 0. The maximum absolute atomic E-state index is 11.9. The summed E-state index contributed by atoms with van der Waals surface area (Å²) >= 11 is 0. The first-order chi connectivity index (χ1) is 14.0. The number of rotatable bonds is 20. The summed E-state index contributed by atoms with van der Waals surface area (Å²) in [4.78, 5) is 26.1. The molecule has 0 radical (unpaired) electrons. The van der Waals surface area contributed by atoms with Crippen LogP contribution in [0.25, 0.3) is 0 Å². The Hall–Kier alpha value is -1.14. The van der Waals surface area contributed by atoms with Crippen LogP contribution in [0.15, 0.2) is 0 Å². The molecule has 0 aromatic carbocycles. The predicted octanol–water partition coefficient (Wildman–Crippen LogP) is 4.02. The molecule has 0 spiro atoms. The average molecular weight is 414 g/mol. The Morgan fingerprint density at radius 2 is 1.41 bits per heavy atom. The van der Waals surface area contributed by atoms with E-state index in [9.17, 15) is 9.59 Å². The molecule has 0 aromatic heterocycles. The highest BCUT2D eigenvalue weighted by Crippen LogP contribution is 2.10. The van der Waals surface area contributed by atoms with Crippen LogP contribution in [0.3, 0.4) is 0 Å². The molecule has 1 atom stereocenters. The minimum absolute atomic E-state index is 0.00730. The molecule has 0 aliphatic carbocycles. The number of hydrogen-bond donors (Lipinski definition) is 2. The van der Waals surface area contributed by atoms with Gasteiger partial charge < -0.3 is 20.7 Å². The van der Waals surface area contributed by atoms with Crippen LogP contribution in [0.1, 0.15) is 97.8 Å². The molecule has 1 amide bonds. The van der Waals surface area contributed by atoms with Crippen molar-refractivity contribution in [3.05, 3.63) is 0 Å². The maximum Gasteiger partial charge on any atom is 0.323 e. The summed E-state index contributed by atoms with van der Waals surface area (Å²) in [6, 6.07) is -0.879. The van der Waals surface area contributed by atoms with Gasteiger partial charge in [-0.1, -0.05) is 78.6 Å². The molecule has 0 rings (SSSR count). The van der Waals surface area contributed by atoms with Crippen molar-refractivity contribution in [1.82, 2.24) is 10.2 Å². The predicted molar refractivity (Wildman–Crippen MR) is 121 cm³/mol. The SMILES string of the molecule is CCCCCCCCCCCCNC(=O)CC(N)C(=O)OCCCN(CC)CC. The highest BCUT2D eigenvalue weighted by Gasteiger charge is 2.18. The lowest BCUT2D eigenvalue weighted by atomic mass is 10.1. The van der Waals surface area contributed by atoms with Gasteiger partial charge in [0, 0.05) is 13.1 Å². The number of hydrogen-bond acceptors (Lipinski definition) is 5. The molecule has 0 aliphatic heterocycles. The van der Waals surface area contributed by atoms with Gasteiger partial charge in [-0.15, -0.1) is 0 Å². The van der Waals surface area contributed by atoms with Crippen LogP contribution in [0.2, 0.25) is 0 Å². The summed E-state index contributed by atoms with van der Waals surface area (Å²) in [5, 5.41) is 2.86. The van der Waals surface area contributed by atoms with Crippen molar-refractivity contribution in [2.24, 2.45) is 5.73 Å². The molecule has 6 nitrogen and oxygen atoms in total. The number of nitrogens with two attached hydrogens (primary N) is 1. The number of esters is 1. The fourth-order valence-electron chi connectivity index (χ4n) is 3.30. The van der Waals surface area contributed by atoms with E-state index in [0.29, 0.717) is 13.2 Å². The highest BCUT2D eigenvalue weighted by atomic mass is 16.5. The summed E-state index contributed by atoms with van der Waals surface area (Å²) in [6.45, 7) is 10.3. The standard InChI is InChI=1S/C23H47N3O3/c1-4-7-8-9-10-11-12-13-14-15-17-25-22(27)20-21(24)23(28)29-19-16-18-26(5-2)6-3/h21H,4-20,24H2,1-3H3,(H,25,27). The second-order valence-electron chi connectivity index (χ2n) is 7.89. The molecule has 0 heterocycles. The van der Waals surface area contributed by atoms with E-state index in [1.165, 1.54) is 51.4 Å². The van der Waals surface area contributed by atoms with E-state index in [1.54, 1.807) is 0 Å². The first kappa shape index (κ1) is 27.9. The van der Waals surface area contributed by atoms with Gasteiger partial charge in [0.2, 0.25) is 5.91 Å². The Bertz CT molecular complexity index is 401. The highest BCUT2D eigenvalue weighted by molar-refractivity contribution is 5.85. The topological polar surface area (TPSA) is 84.7 Å². The quantitative estimate of drug-likeness (QED) is 0.233. The van der Waals surface area contributed by atoms with E-state index in [0.717, 1.165) is 38.9 Å². The van der Waals surface area contributed by atoms with Crippen LogP contribution in [0, 0.1) is 0 Å². The van der Waals surface area contributed by atoms with Crippen LogP contribution in [-0.4, -0.2) is 55.6 Å². The van der Waals surface area contributed by atoms with Crippen LogP contribution in [0.4, 0.5) is 0 Å². The number of carbonyl (C=O) groups is 2. The van der Waals surface area contributed by atoms with Gasteiger partial charge in [-0.05, 0) is 25.9 Å². The summed E-state index contributed by atoms with van der Waals surface area (Å²) < 4.78 is 5.18. The maximum atomic E-state index is 11.9. The van der Waals surface area contributed by atoms with Gasteiger partial charge in [0.05, 0.1) is 13.0 Å². The summed E-state index contributed by atoms with van der Waals surface area (Å²) in [6.07, 6.45) is 13.5. The van der Waals surface area contributed by atoms with E-state index in [1.807, 2.05) is 0 Å². The number of unbranched alkanes of at least 4 members (excludes halogenated alkanes) is 9. The van der Waals surface area contributed by atoms with Gasteiger partial charge in [-0.3, -0.25) is 9.59 Å². The van der Waals surface area contributed by atoms with Crippen molar-refractivity contribution in [3.8, 4) is 0 Å². The van der Waals surface area contributed by atoms with Crippen LogP contribution < -0.4 is 11.1 Å². The van der Waals surface area contributed by atoms with Crippen molar-refractivity contribution in [3.63, 3.8) is 0 Å². The molecule has 0 saturated heterocycles. The van der Waals surface area contributed by atoms with Crippen LogP contribution in [0.5, 0.6) is 0 Å². The van der Waals surface area contributed by atoms with E-state index in [4.69, 9.17) is 10.5 Å². The summed E-state index contributed by atoms with van der Waals surface area (Å²) in [5.74, 6) is -0.660. The number of amides is 1. The smallest absolute Gasteiger partial charge is 0.323 e. The Balaban J connectivity index is 3.57. The molecule has 0 aliphatic rings. The molecule has 0 saturated carbocycles. The Morgan fingerprint density at radius 3 is 1.97 bits per heavy atom. The second kappa shape index (κ2) is 20.1. The Morgan fingerprint density at radius 1 is 0.862 bits per heavy atom. The minimum Gasteiger partial charge on any atom is -0.464 e. The second-order valence-corrected chi connectivity index (χ2v) is 7.89. The third-order valence-electron chi connectivity index (χ3n) is 5.32. The zero-order valence-electron chi connectivity index (χ0n) is 19.3. The van der Waals surface area contributed by atoms with Crippen molar-refractivity contribution in [2.75, 3.05) is 32.8 Å². The average Bonchev–Trinajstić information content (AvgIpc) is 2.71. The van der Waals surface area contributed by atoms with Gasteiger partial charge in [0.25, 0.3) is 0 Å². The van der Waals surface area contributed by atoms with Crippen LogP contribution in [-0.2, 0) is 14.3 Å². The lowest BCUT2D eigenvalue weighted by molar-refractivity contribution is -0.146. The number of carbonyl (C=O) groups excluding carboxylic acids is 2. The fraction of sp³-hybridized carbons (Fsp3) is 0.913. The van der Waals surface area contributed by atoms with E-state index >= 15 is 0 Å². The van der Waals surface area contributed by atoms with Gasteiger partial charge in [0.15, 0.2) is 0 Å². The largest absolute Gasteiger partial charge is 0.464 e. The lowest BCUT2D eigenvalue weighted by Crippen LogP contribution is -2.38. The number of nitrogens with one attached hydrogen (secondary N) is 1. The van der Waals surface area contributed by atoms with Crippen molar-refractivity contribution >= 4 is 11.9 Å². The Labute approximate surface area is 179 Å². The van der Waals surface area contributed by atoms with Crippen molar-refractivity contribution in [1.29, 1.82) is 0 Å². The monoisotopic (exact) mass is 413 g/mol. The third-order valence-corrected chi connectivity index (χ3v) is 5.32. The normalized spacial score (nSPS) is 12.2.